The van der Waals surface area contributed by atoms with Gasteiger partial charge in [0.25, 0.3) is 5.91 Å². The minimum Gasteiger partial charge on any atom is -0.345 e. The smallest absolute Gasteiger partial charge is 0.251 e. The van der Waals surface area contributed by atoms with Crippen molar-refractivity contribution in [3.05, 3.63) is 71.8 Å². The SMILES string of the molecule is CCCCCCCC=NNC(=O)C[C@@H](NC(=O)c1ccccc1)c1ccccc1. The number of hydrogen-bond donors (Lipinski definition) is 2. The van der Waals surface area contributed by atoms with Crippen molar-refractivity contribution in [1.29, 1.82) is 0 Å². The fraction of sp³-hybridized carbons (Fsp3) is 0.375. The second-order valence-corrected chi connectivity index (χ2v) is 7.06. The van der Waals surface area contributed by atoms with Crippen molar-refractivity contribution in [2.75, 3.05) is 0 Å². The molecule has 0 unspecified atom stereocenters. The highest BCUT2D eigenvalue weighted by Gasteiger charge is 2.19. The zero-order valence-electron chi connectivity index (χ0n) is 17.1. The fourth-order valence-electron chi connectivity index (χ4n) is 3.02. The molecule has 154 valence electrons. The maximum atomic E-state index is 12.5. The molecular formula is C24H31N3O2. The van der Waals surface area contributed by atoms with E-state index in [0.717, 1.165) is 18.4 Å². The predicted molar refractivity (Wildman–Crippen MR) is 118 cm³/mol. The Bertz CT molecular complexity index is 760. The molecular weight excluding hydrogens is 362 g/mol. The van der Waals surface area contributed by atoms with Crippen LogP contribution in [0.2, 0.25) is 0 Å². The van der Waals surface area contributed by atoms with E-state index in [2.05, 4.69) is 22.8 Å². The van der Waals surface area contributed by atoms with Gasteiger partial charge < -0.3 is 5.32 Å². The van der Waals surface area contributed by atoms with Crippen molar-refractivity contribution in [3.63, 3.8) is 0 Å². The van der Waals surface area contributed by atoms with Crippen LogP contribution in [0, 0.1) is 0 Å². The summed E-state index contributed by atoms with van der Waals surface area (Å²) in [4.78, 5) is 24.9. The molecule has 0 bridgehead atoms. The summed E-state index contributed by atoms with van der Waals surface area (Å²) in [5.41, 5.74) is 4.02. The van der Waals surface area contributed by atoms with Crippen molar-refractivity contribution in [2.45, 2.75) is 57.9 Å². The lowest BCUT2D eigenvalue weighted by Crippen LogP contribution is -2.32. The molecule has 0 aliphatic rings. The fourth-order valence-corrected chi connectivity index (χ4v) is 3.02. The topological polar surface area (TPSA) is 70.6 Å². The number of carbonyl (C=O) groups is 2. The number of nitrogens with zero attached hydrogens (tertiary/aromatic N) is 1. The van der Waals surface area contributed by atoms with Gasteiger partial charge in [0.2, 0.25) is 5.91 Å². The molecule has 2 aromatic carbocycles. The number of hydrazone groups is 1. The molecule has 2 rings (SSSR count). The van der Waals surface area contributed by atoms with Gasteiger partial charge in [-0.05, 0) is 30.5 Å². The maximum Gasteiger partial charge on any atom is 0.251 e. The lowest BCUT2D eigenvalue weighted by Gasteiger charge is -2.18. The van der Waals surface area contributed by atoms with Crippen molar-refractivity contribution >= 4 is 18.0 Å². The van der Waals surface area contributed by atoms with E-state index in [1.54, 1.807) is 18.3 Å². The van der Waals surface area contributed by atoms with E-state index in [9.17, 15) is 9.59 Å². The van der Waals surface area contributed by atoms with Crippen LogP contribution in [-0.4, -0.2) is 18.0 Å². The van der Waals surface area contributed by atoms with E-state index < -0.39 is 6.04 Å². The van der Waals surface area contributed by atoms with E-state index in [-0.39, 0.29) is 18.2 Å². The number of hydrogen-bond acceptors (Lipinski definition) is 3. The van der Waals surface area contributed by atoms with Crippen LogP contribution in [0.5, 0.6) is 0 Å². The van der Waals surface area contributed by atoms with Gasteiger partial charge in [0.05, 0.1) is 12.5 Å². The molecule has 5 heteroatoms. The van der Waals surface area contributed by atoms with Gasteiger partial charge in [0, 0.05) is 11.8 Å². The van der Waals surface area contributed by atoms with E-state index >= 15 is 0 Å². The number of carbonyl (C=O) groups excluding carboxylic acids is 2. The van der Waals surface area contributed by atoms with Gasteiger partial charge in [-0.2, -0.15) is 5.10 Å². The molecule has 2 aromatic rings. The summed E-state index contributed by atoms with van der Waals surface area (Å²) in [6.45, 7) is 2.20. The monoisotopic (exact) mass is 393 g/mol. The number of amides is 2. The highest BCUT2D eigenvalue weighted by Crippen LogP contribution is 2.17. The Morgan fingerprint density at radius 1 is 0.931 bits per heavy atom. The lowest BCUT2D eigenvalue weighted by atomic mass is 10.0. The van der Waals surface area contributed by atoms with Gasteiger partial charge in [-0.15, -0.1) is 0 Å². The second-order valence-electron chi connectivity index (χ2n) is 7.06. The normalized spacial score (nSPS) is 11.9. The first-order valence-corrected chi connectivity index (χ1v) is 10.4. The molecule has 0 aromatic heterocycles. The van der Waals surface area contributed by atoms with Gasteiger partial charge in [-0.25, -0.2) is 5.43 Å². The average molecular weight is 394 g/mol. The van der Waals surface area contributed by atoms with Crippen molar-refractivity contribution in [3.8, 4) is 0 Å². The summed E-state index contributed by atoms with van der Waals surface area (Å²) in [5.74, 6) is -0.433. The molecule has 0 fully saturated rings. The lowest BCUT2D eigenvalue weighted by molar-refractivity contribution is -0.121. The zero-order chi connectivity index (χ0) is 20.7. The summed E-state index contributed by atoms with van der Waals surface area (Å²) in [6, 6.07) is 18.1. The molecule has 1 atom stereocenters. The summed E-state index contributed by atoms with van der Waals surface area (Å²) in [7, 11) is 0. The van der Waals surface area contributed by atoms with Gasteiger partial charge in [-0.1, -0.05) is 81.1 Å². The summed E-state index contributed by atoms with van der Waals surface area (Å²) < 4.78 is 0. The highest BCUT2D eigenvalue weighted by atomic mass is 16.2. The van der Waals surface area contributed by atoms with Gasteiger partial charge in [0.1, 0.15) is 0 Å². The second kappa shape index (κ2) is 13.3. The Morgan fingerprint density at radius 2 is 1.59 bits per heavy atom. The average Bonchev–Trinajstić information content (AvgIpc) is 2.76. The van der Waals surface area contributed by atoms with E-state index in [1.165, 1.54) is 25.7 Å². The van der Waals surface area contributed by atoms with Crippen LogP contribution in [-0.2, 0) is 4.79 Å². The predicted octanol–water partition coefficient (Wildman–Crippen LogP) is 5.01. The molecule has 29 heavy (non-hydrogen) atoms. The standard InChI is InChI=1S/C24H31N3O2/c1-2-3-4-5-6-13-18-25-27-23(28)19-22(20-14-9-7-10-15-20)26-24(29)21-16-11-8-12-17-21/h7-12,14-18,22H,2-6,13,19H2,1H3,(H,26,29)(H,27,28)/t22-/m1/s1. The molecule has 0 aliphatic carbocycles. The Labute approximate surface area is 173 Å². The van der Waals surface area contributed by atoms with Crippen LogP contribution in [0.4, 0.5) is 0 Å². The Hall–Kier alpha value is -2.95. The molecule has 5 nitrogen and oxygen atoms in total. The first-order valence-electron chi connectivity index (χ1n) is 10.4. The summed E-state index contributed by atoms with van der Waals surface area (Å²) in [6.07, 6.45) is 8.75. The van der Waals surface area contributed by atoms with Gasteiger partial charge in [-0.3, -0.25) is 9.59 Å². The zero-order valence-corrected chi connectivity index (χ0v) is 17.1. The first kappa shape index (κ1) is 22.3. The van der Waals surface area contributed by atoms with E-state index in [1.807, 2.05) is 48.5 Å². The summed E-state index contributed by atoms with van der Waals surface area (Å²) in [5, 5.41) is 7.00. The third kappa shape index (κ3) is 8.73. The maximum absolute atomic E-state index is 12.5. The third-order valence-corrected chi connectivity index (χ3v) is 4.65. The van der Waals surface area contributed by atoms with Crippen LogP contribution in [0.25, 0.3) is 0 Å². The quantitative estimate of drug-likeness (QED) is 0.302. The number of unbranched alkanes of at least 4 members (excludes halogenated alkanes) is 5. The molecule has 0 saturated carbocycles. The largest absolute Gasteiger partial charge is 0.345 e. The molecule has 0 aliphatic heterocycles. The third-order valence-electron chi connectivity index (χ3n) is 4.65. The minimum absolute atomic E-state index is 0.121. The Balaban J connectivity index is 1.87. The van der Waals surface area contributed by atoms with Gasteiger partial charge in [0.15, 0.2) is 0 Å². The van der Waals surface area contributed by atoms with Crippen molar-refractivity contribution < 1.29 is 9.59 Å². The molecule has 2 amide bonds. The van der Waals surface area contributed by atoms with Crippen LogP contribution in [0.3, 0.4) is 0 Å². The van der Waals surface area contributed by atoms with Crippen LogP contribution in [0.15, 0.2) is 65.8 Å². The van der Waals surface area contributed by atoms with Gasteiger partial charge >= 0.3 is 0 Å². The molecule has 0 heterocycles. The van der Waals surface area contributed by atoms with Crippen LogP contribution in [0.1, 0.15) is 73.8 Å². The number of nitrogens with one attached hydrogen (secondary N) is 2. The highest BCUT2D eigenvalue weighted by molar-refractivity contribution is 5.94. The van der Waals surface area contributed by atoms with Crippen LogP contribution < -0.4 is 10.7 Å². The van der Waals surface area contributed by atoms with E-state index in [0.29, 0.717) is 5.56 Å². The molecule has 2 N–H and O–H groups in total. The van der Waals surface area contributed by atoms with Crippen molar-refractivity contribution in [2.24, 2.45) is 5.10 Å². The van der Waals surface area contributed by atoms with Crippen LogP contribution >= 0.6 is 0 Å². The molecule has 0 radical (unpaired) electrons. The Morgan fingerprint density at radius 3 is 2.28 bits per heavy atom. The number of rotatable bonds is 12. The molecule has 0 saturated heterocycles. The summed E-state index contributed by atoms with van der Waals surface area (Å²) >= 11 is 0. The first-order chi connectivity index (χ1) is 14.2. The Kier molecular flexibility index (Phi) is 10.2. The molecule has 0 spiro atoms. The minimum atomic E-state index is -0.423. The van der Waals surface area contributed by atoms with E-state index in [4.69, 9.17) is 0 Å². The van der Waals surface area contributed by atoms with Crippen molar-refractivity contribution in [1.82, 2.24) is 10.7 Å². The number of benzene rings is 2.